The van der Waals surface area contributed by atoms with Crippen LogP contribution in [-0.4, -0.2) is 81.2 Å². The first-order chi connectivity index (χ1) is 22.1. The van der Waals surface area contributed by atoms with Crippen molar-refractivity contribution in [2.24, 2.45) is 0 Å². The number of benzene rings is 1. The van der Waals surface area contributed by atoms with E-state index in [4.69, 9.17) is 0 Å². The molecule has 0 aliphatic carbocycles. The lowest BCUT2D eigenvalue weighted by Gasteiger charge is -2.33. The Labute approximate surface area is 269 Å². The first-order valence-electron chi connectivity index (χ1n) is 15.6. The van der Waals surface area contributed by atoms with Gasteiger partial charge in [0.1, 0.15) is 28.7 Å². The number of thiophene rings is 1. The highest BCUT2D eigenvalue weighted by molar-refractivity contribution is 7.18. The van der Waals surface area contributed by atoms with E-state index in [-0.39, 0.29) is 22.9 Å². The van der Waals surface area contributed by atoms with Crippen LogP contribution in [0.15, 0.2) is 43.2 Å². The number of nitrogens with one attached hydrogen (secondary N) is 2. The van der Waals surface area contributed by atoms with E-state index in [0.717, 1.165) is 80.8 Å². The molecule has 0 radical (unpaired) electrons. The lowest BCUT2D eigenvalue weighted by Crippen LogP contribution is -2.39. The molecular formula is C33H37F3N8OS. The van der Waals surface area contributed by atoms with Gasteiger partial charge in [-0.3, -0.25) is 14.6 Å². The topological polar surface area (TPSA) is 102 Å². The number of carbonyl (C=O) groups excluding carboxylic acids is 1. The zero-order valence-corrected chi connectivity index (χ0v) is 26.6. The molecule has 1 atom stereocenters. The second-order valence-electron chi connectivity index (χ2n) is 12.2. The van der Waals surface area contributed by atoms with Gasteiger partial charge in [0, 0.05) is 73.7 Å². The quantitative estimate of drug-likeness (QED) is 0.222. The van der Waals surface area contributed by atoms with E-state index in [0.29, 0.717) is 28.3 Å². The SMILES string of the molecule is C=CC(=O)NC1CCN(CCn2c(C#N)cc3c(C)c(CN4CCC(Nc5ncnc6sc(CC(F)(F)F)cc56)CC4)ccc32)C1. The third-order valence-corrected chi connectivity index (χ3v) is 10.1. The van der Waals surface area contributed by atoms with E-state index >= 15 is 0 Å². The number of aryl methyl sites for hydroxylation is 1. The summed E-state index contributed by atoms with van der Waals surface area (Å²) in [5, 5.41) is 18.1. The summed E-state index contributed by atoms with van der Waals surface area (Å²) in [6, 6.07) is 10.5. The summed E-state index contributed by atoms with van der Waals surface area (Å²) in [6.45, 7) is 11.4. The lowest BCUT2D eigenvalue weighted by atomic mass is 10.0. The van der Waals surface area contributed by atoms with Gasteiger partial charge in [0.15, 0.2) is 0 Å². The fraction of sp³-hybridized carbons (Fsp3) is 0.455. The molecule has 6 rings (SSSR count). The summed E-state index contributed by atoms with van der Waals surface area (Å²) in [4.78, 5) is 25.7. The third kappa shape index (κ3) is 7.19. The summed E-state index contributed by atoms with van der Waals surface area (Å²) in [5.41, 5.74) is 4.11. The Kier molecular flexibility index (Phi) is 9.31. The van der Waals surface area contributed by atoms with Crippen LogP contribution in [0.3, 0.4) is 0 Å². The Bertz CT molecular complexity index is 1780. The predicted octanol–water partition coefficient (Wildman–Crippen LogP) is 5.38. The summed E-state index contributed by atoms with van der Waals surface area (Å²) in [6.07, 6.45) is 0.162. The fourth-order valence-corrected chi connectivity index (χ4v) is 7.68. The Morgan fingerprint density at radius 3 is 2.61 bits per heavy atom. The molecule has 5 heterocycles. The molecule has 242 valence electrons. The second kappa shape index (κ2) is 13.4. The number of amides is 1. The highest BCUT2D eigenvalue weighted by Gasteiger charge is 2.29. The van der Waals surface area contributed by atoms with Gasteiger partial charge in [-0.25, -0.2) is 9.97 Å². The van der Waals surface area contributed by atoms with Crippen molar-refractivity contribution in [2.45, 2.75) is 64.0 Å². The van der Waals surface area contributed by atoms with E-state index in [1.807, 2.05) is 6.07 Å². The van der Waals surface area contributed by atoms with Gasteiger partial charge in [0.25, 0.3) is 0 Å². The molecule has 2 aliphatic rings. The summed E-state index contributed by atoms with van der Waals surface area (Å²) in [5.74, 6) is 0.449. The van der Waals surface area contributed by atoms with Crippen LogP contribution in [0.2, 0.25) is 0 Å². The zero-order valence-electron chi connectivity index (χ0n) is 25.7. The number of nitriles is 1. The number of carbonyl (C=O) groups is 1. The molecule has 1 amide bonds. The van der Waals surface area contributed by atoms with Crippen molar-refractivity contribution in [1.82, 2.24) is 29.7 Å². The summed E-state index contributed by atoms with van der Waals surface area (Å²) >= 11 is 1.06. The zero-order chi connectivity index (χ0) is 32.4. The van der Waals surface area contributed by atoms with Gasteiger partial charge < -0.3 is 15.2 Å². The maximum atomic E-state index is 12.9. The minimum atomic E-state index is -4.26. The van der Waals surface area contributed by atoms with Crippen molar-refractivity contribution in [3.63, 3.8) is 0 Å². The maximum Gasteiger partial charge on any atom is 0.393 e. The minimum Gasteiger partial charge on any atom is -0.367 e. The van der Waals surface area contributed by atoms with E-state index in [2.05, 4.69) is 66.7 Å². The summed E-state index contributed by atoms with van der Waals surface area (Å²) in [7, 11) is 0. The van der Waals surface area contributed by atoms with Crippen LogP contribution in [0.1, 0.15) is 41.0 Å². The largest absolute Gasteiger partial charge is 0.393 e. The van der Waals surface area contributed by atoms with E-state index in [1.54, 1.807) is 6.07 Å². The minimum absolute atomic E-state index is 0.122. The molecule has 2 fully saturated rings. The van der Waals surface area contributed by atoms with Gasteiger partial charge in [-0.15, -0.1) is 11.3 Å². The predicted molar refractivity (Wildman–Crippen MR) is 174 cm³/mol. The number of fused-ring (bicyclic) bond motifs is 2. The van der Waals surface area contributed by atoms with Crippen molar-refractivity contribution >= 4 is 44.2 Å². The Hall–Kier alpha value is -3.99. The first kappa shape index (κ1) is 32.0. The molecule has 0 spiro atoms. The first-order valence-corrected chi connectivity index (χ1v) is 16.4. The average molecular weight is 651 g/mol. The third-order valence-electron chi connectivity index (χ3n) is 9.10. The van der Waals surface area contributed by atoms with Gasteiger partial charge in [0.2, 0.25) is 5.91 Å². The number of aromatic nitrogens is 3. The van der Waals surface area contributed by atoms with Crippen LogP contribution in [0.4, 0.5) is 19.0 Å². The summed E-state index contributed by atoms with van der Waals surface area (Å²) < 4.78 is 40.9. The standard InChI is InChI=1S/C33H37F3N8OS/c1-3-30(45)40-24-8-11-43(19-24)12-13-44-25(17-37)14-27-21(2)22(4-5-29(27)44)18-42-9-6-23(7-10-42)41-31-28-15-26(16-33(34,35)36)46-32(28)39-20-38-31/h3-5,14-15,20,23-24H,1,6-13,16,18-19H2,2H3,(H,40,45)(H,38,39,41). The average Bonchev–Trinajstić information content (AvgIpc) is 3.74. The number of nitrogens with zero attached hydrogens (tertiary/aromatic N) is 6. The number of likely N-dealkylation sites (tertiary alicyclic amines) is 2. The highest BCUT2D eigenvalue weighted by atomic mass is 32.1. The van der Waals surface area contributed by atoms with Crippen LogP contribution < -0.4 is 10.6 Å². The highest BCUT2D eigenvalue weighted by Crippen LogP contribution is 2.33. The van der Waals surface area contributed by atoms with Crippen molar-refractivity contribution in [3.8, 4) is 6.07 Å². The van der Waals surface area contributed by atoms with E-state index in [1.165, 1.54) is 23.5 Å². The fourth-order valence-electron chi connectivity index (χ4n) is 6.66. The number of rotatable bonds is 10. The van der Waals surface area contributed by atoms with E-state index < -0.39 is 12.6 Å². The monoisotopic (exact) mass is 650 g/mol. The molecule has 1 aromatic carbocycles. The molecule has 46 heavy (non-hydrogen) atoms. The Balaban J connectivity index is 1.06. The molecule has 13 heteroatoms. The Morgan fingerprint density at radius 2 is 1.87 bits per heavy atom. The molecule has 0 saturated carbocycles. The van der Waals surface area contributed by atoms with Crippen molar-refractivity contribution < 1.29 is 18.0 Å². The number of hydrogen-bond acceptors (Lipinski definition) is 8. The van der Waals surface area contributed by atoms with Crippen LogP contribution in [0.5, 0.6) is 0 Å². The number of halogens is 3. The molecule has 3 aromatic heterocycles. The molecule has 2 saturated heterocycles. The van der Waals surface area contributed by atoms with Crippen molar-refractivity contribution in [1.29, 1.82) is 5.26 Å². The Morgan fingerprint density at radius 1 is 1.11 bits per heavy atom. The molecule has 9 nitrogen and oxygen atoms in total. The van der Waals surface area contributed by atoms with Crippen LogP contribution in [0.25, 0.3) is 21.1 Å². The van der Waals surface area contributed by atoms with Gasteiger partial charge in [-0.05, 0) is 61.6 Å². The van der Waals surface area contributed by atoms with Gasteiger partial charge in [-0.1, -0.05) is 12.6 Å². The van der Waals surface area contributed by atoms with E-state index in [9.17, 15) is 23.2 Å². The van der Waals surface area contributed by atoms with Crippen molar-refractivity contribution in [2.75, 3.05) is 38.0 Å². The normalized spacial score (nSPS) is 18.3. The lowest BCUT2D eigenvalue weighted by molar-refractivity contribution is -0.126. The van der Waals surface area contributed by atoms with Crippen LogP contribution in [-0.2, 0) is 24.3 Å². The van der Waals surface area contributed by atoms with Gasteiger partial charge in [0.05, 0.1) is 11.8 Å². The molecule has 0 bridgehead atoms. The van der Waals surface area contributed by atoms with Gasteiger partial charge >= 0.3 is 6.18 Å². The number of anilines is 1. The number of alkyl halides is 3. The molecule has 2 aliphatic heterocycles. The number of hydrogen-bond donors (Lipinski definition) is 2. The molecule has 4 aromatic rings. The molecular weight excluding hydrogens is 613 g/mol. The molecule has 1 unspecified atom stereocenters. The maximum absolute atomic E-state index is 12.9. The van der Waals surface area contributed by atoms with Crippen LogP contribution >= 0.6 is 11.3 Å². The number of piperidine rings is 1. The molecule has 2 N–H and O–H groups in total. The van der Waals surface area contributed by atoms with Crippen molar-refractivity contribution in [3.05, 3.63) is 64.9 Å². The smallest absolute Gasteiger partial charge is 0.367 e. The van der Waals surface area contributed by atoms with Crippen LogP contribution in [0, 0.1) is 18.3 Å². The second-order valence-corrected chi connectivity index (χ2v) is 13.3. The van der Waals surface area contributed by atoms with Gasteiger partial charge in [-0.2, -0.15) is 18.4 Å².